The number of nitrogens with zero attached hydrogens (tertiary/aromatic N) is 3. The van der Waals surface area contributed by atoms with Gasteiger partial charge in [-0.25, -0.2) is 9.07 Å². The molecule has 1 heterocycles. The molecule has 96 valence electrons. The van der Waals surface area contributed by atoms with Gasteiger partial charge in [-0.2, -0.15) is 0 Å². The quantitative estimate of drug-likeness (QED) is 0.825. The molecule has 0 amide bonds. The van der Waals surface area contributed by atoms with Crippen LogP contribution in [0.5, 0.6) is 0 Å². The van der Waals surface area contributed by atoms with Gasteiger partial charge in [0.1, 0.15) is 5.82 Å². The van der Waals surface area contributed by atoms with Crippen LogP contribution in [0.1, 0.15) is 24.6 Å². The van der Waals surface area contributed by atoms with Gasteiger partial charge < -0.3 is 5.32 Å². The second kappa shape index (κ2) is 5.73. The minimum Gasteiger partial charge on any atom is -0.311 e. The first kappa shape index (κ1) is 12.7. The van der Waals surface area contributed by atoms with E-state index in [4.69, 9.17) is 0 Å². The lowest BCUT2D eigenvalue weighted by Crippen LogP contribution is -2.13. The van der Waals surface area contributed by atoms with Crippen molar-refractivity contribution in [2.24, 2.45) is 0 Å². The van der Waals surface area contributed by atoms with Gasteiger partial charge >= 0.3 is 0 Å². The van der Waals surface area contributed by atoms with Crippen molar-refractivity contribution in [1.29, 1.82) is 0 Å². The maximum atomic E-state index is 13.4. The lowest BCUT2D eigenvalue weighted by atomic mass is 10.2. The molecule has 0 bridgehead atoms. The van der Waals surface area contributed by atoms with E-state index in [2.05, 4.69) is 22.6 Å². The fraction of sp³-hybridized carbons (Fsp3) is 0.385. The molecule has 18 heavy (non-hydrogen) atoms. The molecule has 0 aliphatic carbocycles. The van der Waals surface area contributed by atoms with Crippen LogP contribution in [0.25, 0.3) is 5.69 Å². The standard InChI is InChI=1S/C13H17FN4/c1-3-6-15-8-11-9-18(17-16-11)12-5-4-10(2)13(14)7-12/h4-5,7,9,15H,3,6,8H2,1-2H3. The highest BCUT2D eigenvalue weighted by molar-refractivity contribution is 5.34. The van der Waals surface area contributed by atoms with Gasteiger partial charge in [-0.15, -0.1) is 5.10 Å². The van der Waals surface area contributed by atoms with Crippen LogP contribution in [0.15, 0.2) is 24.4 Å². The van der Waals surface area contributed by atoms with Crippen molar-refractivity contribution >= 4 is 0 Å². The highest BCUT2D eigenvalue weighted by atomic mass is 19.1. The molecule has 0 atom stereocenters. The first-order valence-corrected chi connectivity index (χ1v) is 6.09. The fourth-order valence-electron chi connectivity index (χ4n) is 1.62. The van der Waals surface area contributed by atoms with E-state index in [0.717, 1.165) is 18.7 Å². The van der Waals surface area contributed by atoms with Gasteiger partial charge in [0, 0.05) is 6.54 Å². The third-order valence-corrected chi connectivity index (χ3v) is 2.69. The summed E-state index contributed by atoms with van der Waals surface area (Å²) in [6.45, 7) is 5.48. The van der Waals surface area contributed by atoms with Crippen LogP contribution in [-0.4, -0.2) is 21.5 Å². The third-order valence-electron chi connectivity index (χ3n) is 2.69. The molecule has 1 aromatic carbocycles. The second-order valence-corrected chi connectivity index (χ2v) is 4.26. The van der Waals surface area contributed by atoms with Crippen molar-refractivity contribution in [3.05, 3.63) is 41.5 Å². The van der Waals surface area contributed by atoms with Crippen molar-refractivity contribution in [1.82, 2.24) is 20.3 Å². The molecule has 1 aromatic heterocycles. The minimum absolute atomic E-state index is 0.228. The SMILES string of the molecule is CCCNCc1cn(-c2ccc(C)c(F)c2)nn1. The Kier molecular flexibility index (Phi) is 4.04. The van der Waals surface area contributed by atoms with Gasteiger partial charge in [-0.05, 0) is 37.6 Å². The molecule has 0 fully saturated rings. The molecular formula is C13H17FN4. The van der Waals surface area contributed by atoms with E-state index < -0.39 is 0 Å². The fourth-order valence-corrected chi connectivity index (χ4v) is 1.62. The summed E-state index contributed by atoms with van der Waals surface area (Å²) in [7, 11) is 0. The highest BCUT2D eigenvalue weighted by Gasteiger charge is 2.04. The molecule has 0 aliphatic rings. The second-order valence-electron chi connectivity index (χ2n) is 4.26. The number of hydrogen-bond acceptors (Lipinski definition) is 3. The highest BCUT2D eigenvalue weighted by Crippen LogP contribution is 2.12. The Hall–Kier alpha value is -1.75. The lowest BCUT2D eigenvalue weighted by molar-refractivity contribution is 0.615. The van der Waals surface area contributed by atoms with Gasteiger partial charge in [0.15, 0.2) is 0 Å². The van der Waals surface area contributed by atoms with Crippen LogP contribution in [0, 0.1) is 12.7 Å². The zero-order valence-electron chi connectivity index (χ0n) is 10.7. The summed E-state index contributed by atoms with van der Waals surface area (Å²) in [4.78, 5) is 0. The van der Waals surface area contributed by atoms with E-state index in [9.17, 15) is 4.39 Å². The number of rotatable bonds is 5. The molecule has 4 nitrogen and oxygen atoms in total. The summed E-state index contributed by atoms with van der Waals surface area (Å²) in [5.74, 6) is -0.228. The summed E-state index contributed by atoms with van der Waals surface area (Å²) in [5.41, 5.74) is 2.17. The Labute approximate surface area is 106 Å². The summed E-state index contributed by atoms with van der Waals surface area (Å²) in [6.07, 6.45) is 2.89. The third kappa shape index (κ3) is 2.92. The zero-order chi connectivity index (χ0) is 13.0. The Morgan fingerprint density at radius 2 is 2.22 bits per heavy atom. The van der Waals surface area contributed by atoms with Crippen LogP contribution in [0.4, 0.5) is 4.39 Å². The molecule has 0 aliphatic heterocycles. The predicted octanol–water partition coefficient (Wildman–Crippen LogP) is 2.21. The number of aromatic nitrogens is 3. The van der Waals surface area contributed by atoms with Crippen molar-refractivity contribution < 1.29 is 4.39 Å². The van der Waals surface area contributed by atoms with Crippen molar-refractivity contribution in [3.63, 3.8) is 0 Å². The van der Waals surface area contributed by atoms with E-state index in [-0.39, 0.29) is 5.82 Å². The number of aryl methyl sites for hydroxylation is 1. The number of nitrogens with one attached hydrogen (secondary N) is 1. The van der Waals surface area contributed by atoms with E-state index in [1.807, 2.05) is 12.3 Å². The average Bonchev–Trinajstić information content (AvgIpc) is 2.82. The summed E-state index contributed by atoms with van der Waals surface area (Å²) in [5, 5.41) is 11.3. The average molecular weight is 248 g/mol. The maximum absolute atomic E-state index is 13.4. The number of halogens is 1. The van der Waals surface area contributed by atoms with E-state index in [1.54, 1.807) is 17.7 Å². The van der Waals surface area contributed by atoms with Crippen molar-refractivity contribution in [3.8, 4) is 5.69 Å². The van der Waals surface area contributed by atoms with Crippen LogP contribution in [-0.2, 0) is 6.54 Å². The smallest absolute Gasteiger partial charge is 0.128 e. The van der Waals surface area contributed by atoms with Gasteiger partial charge in [0.25, 0.3) is 0 Å². The molecule has 0 saturated heterocycles. The Bertz CT molecular complexity index is 521. The zero-order valence-corrected chi connectivity index (χ0v) is 10.7. The first-order chi connectivity index (χ1) is 8.70. The molecule has 0 radical (unpaired) electrons. The molecular weight excluding hydrogens is 231 g/mol. The molecule has 2 rings (SSSR count). The Morgan fingerprint density at radius 3 is 2.94 bits per heavy atom. The van der Waals surface area contributed by atoms with Gasteiger partial charge in [-0.3, -0.25) is 0 Å². The van der Waals surface area contributed by atoms with Crippen LogP contribution in [0.2, 0.25) is 0 Å². The number of hydrogen-bond donors (Lipinski definition) is 1. The van der Waals surface area contributed by atoms with Crippen LogP contribution < -0.4 is 5.32 Å². The van der Waals surface area contributed by atoms with Crippen molar-refractivity contribution in [2.75, 3.05) is 6.54 Å². The molecule has 0 spiro atoms. The van der Waals surface area contributed by atoms with Crippen LogP contribution >= 0.6 is 0 Å². The maximum Gasteiger partial charge on any atom is 0.128 e. The van der Waals surface area contributed by atoms with E-state index in [0.29, 0.717) is 17.8 Å². The monoisotopic (exact) mass is 248 g/mol. The largest absolute Gasteiger partial charge is 0.311 e. The molecule has 2 aromatic rings. The summed E-state index contributed by atoms with van der Waals surface area (Å²) >= 11 is 0. The molecule has 1 N–H and O–H groups in total. The molecule has 0 saturated carbocycles. The van der Waals surface area contributed by atoms with E-state index >= 15 is 0 Å². The minimum atomic E-state index is -0.228. The van der Waals surface area contributed by atoms with Gasteiger partial charge in [0.2, 0.25) is 0 Å². The van der Waals surface area contributed by atoms with Gasteiger partial charge in [0.05, 0.1) is 17.6 Å². The van der Waals surface area contributed by atoms with E-state index in [1.165, 1.54) is 6.07 Å². The topological polar surface area (TPSA) is 42.7 Å². The number of benzene rings is 1. The van der Waals surface area contributed by atoms with Crippen LogP contribution in [0.3, 0.4) is 0 Å². The first-order valence-electron chi connectivity index (χ1n) is 6.09. The summed E-state index contributed by atoms with van der Waals surface area (Å²) in [6, 6.07) is 5.03. The lowest BCUT2D eigenvalue weighted by Gasteiger charge is -2.01. The Morgan fingerprint density at radius 1 is 1.39 bits per heavy atom. The van der Waals surface area contributed by atoms with Gasteiger partial charge in [-0.1, -0.05) is 18.2 Å². The predicted molar refractivity (Wildman–Crippen MR) is 68.1 cm³/mol. The molecule has 5 heteroatoms. The normalized spacial score (nSPS) is 10.8. The van der Waals surface area contributed by atoms with Crippen molar-refractivity contribution in [2.45, 2.75) is 26.8 Å². The molecule has 0 unspecified atom stereocenters. The Balaban J connectivity index is 2.11. The summed E-state index contributed by atoms with van der Waals surface area (Å²) < 4.78 is 15.0.